The molecule has 0 spiro atoms. The smallest absolute Gasteiger partial charge is 0.305 e. The van der Waals surface area contributed by atoms with Crippen LogP contribution in [0.1, 0.15) is 207 Å². The van der Waals surface area contributed by atoms with Crippen molar-refractivity contribution < 1.29 is 49.4 Å². The van der Waals surface area contributed by atoms with Crippen molar-refractivity contribution in [3.8, 4) is 0 Å². The first-order valence-electron chi connectivity index (χ1n) is 21.1. The van der Waals surface area contributed by atoms with Crippen LogP contribution in [0.2, 0.25) is 0 Å². The molecule has 0 aromatic heterocycles. The summed E-state index contributed by atoms with van der Waals surface area (Å²) < 4.78 is 5.27. The standard InChI is InChI=1S/C42H78O10/c1-5-9-13-17-21-25-29-35(44)40(49,34-43)42(51,37(46)31-27-23-19-15-11-7-3)41(50,36(45)30-26-22-18-14-10-6-2)38(47)33-52-39(48)32-28-24-20-16-12-8-4/h38,43,47,49-51H,5-34H2,1-4H3/t38-,40-,41-,42-/m1/s1. The van der Waals surface area contributed by atoms with Gasteiger partial charge in [0.1, 0.15) is 12.7 Å². The molecule has 0 aliphatic carbocycles. The highest BCUT2D eigenvalue weighted by atomic mass is 16.5. The minimum absolute atomic E-state index is 0.0293. The number of carbonyl (C=O) groups excluding carboxylic acids is 4. The summed E-state index contributed by atoms with van der Waals surface area (Å²) in [6.45, 7) is 5.89. The molecule has 4 atom stereocenters. The summed E-state index contributed by atoms with van der Waals surface area (Å²) >= 11 is 0. The average Bonchev–Trinajstić information content (AvgIpc) is 3.14. The number of hydrogen-bond donors (Lipinski definition) is 5. The normalized spacial score (nSPS) is 15.7. The summed E-state index contributed by atoms with van der Waals surface area (Å²) in [6.07, 6.45) is 15.9. The van der Waals surface area contributed by atoms with Crippen molar-refractivity contribution >= 4 is 23.3 Å². The maximum Gasteiger partial charge on any atom is 0.305 e. The molecule has 0 heterocycles. The minimum atomic E-state index is -3.62. The number of rotatable bonds is 37. The molecule has 52 heavy (non-hydrogen) atoms. The van der Waals surface area contributed by atoms with Gasteiger partial charge in [-0.25, -0.2) is 0 Å². The second-order valence-corrected chi connectivity index (χ2v) is 15.0. The molecule has 0 aromatic carbocycles. The van der Waals surface area contributed by atoms with Gasteiger partial charge in [0.25, 0.3) is 0 Å². The third-order valence-electron chi connectivity index (χ3n) is 10.6. The van der Waals surface area contributed by atoms with E-state index in [0.29, 0.717) is 25.7 Å². The van der Waals surface area contributed by atoms with E-state index in [1.807, 2.05) is 0 Å². The predicted octanol–water partition coefficient (Wildman–Crippen LogP) is 7.79. The molecule has 306 valence electrons. The molecule has 10 nitrogen and oxygen atoms in total. The van der Waals surface area contributed by atoms with Gasteiger partial charge in [0, 0.05) is 25.7 Å². The van der Waals surface area contributed by atoms with Crippen molar-refractivity contribution in [3.05, 3.63) is 0 Å². The van der Waals surface area contributed by atoms with Gasteiger partial charge in [-0.2, -0.15) is 0 Å². The fourth-order valence-corrected chi connectivity index (χ4v) is 6.98. The van der Waals surface area contributed by atoms with Crippen LogP contribution >= 0.6 is 0 Å². The second-order valence-electron chi connectivity index (χ2n) is 15.0. The number of unbranched alkanes of at least 4 members (excludes halogenated alkanes) is 20. The maximum absolute atomic E-state index is 14.2. The van der Waals surface area contributed by atoms with Gasteiger partial charge in [-0.05, 0) is 25.7 Å². The second kappa shape index (κ2) is 29.6. The van der Waals surface area contributed by atoms with Crippen LogP contribution in [0.15, 0.2) is 0 Å². The molecule has 0 aliphatic heterocycles. The quantitative estimate of drug-likeness (QED) is 0.0312. The molecule has 0 saturated carbocycles. The number of esters is 1. The van der Waals surface area contributed by atoms with Crippen LogP contribution in [0.5, 0.6) is 0 Å². The van der Waals surface area contributed by atoms with Crippen LogP contribution in [0.3, 0.4) is 0 Å². The average molecular weight is 743 g/mol. The van der Waals surface area contributed by atoms with Crippen LogP contribution in [0.4, 0.5) is 0 Å². The summed E-state index contributed by atoms with van der Waals surface area (Å²) in [4.78, 5) is 54.8. The SMILES string of the molecule is CCCCCCCCC(=O)OC[C@@H](O)[C@](O)(C(=O)CCCCCCCC)[C@@](O)(C(=O)CCCCCCCC)[C@@](O)(CO)C(=O)CCCCCCCC. The molecule has 10 heteroatoms. The fourth-order valence-electron chi connectivity index (χ4n) is 6.98. The largest absolute Gasteiger partial charge is 0.463 e. The lowest BCUT2D eigenvalue weighted by molar-refractivity contribution is -0.259. The molecular formula is C42H78O10. The van der Waals surface area contributed by atoms with E-state index in [4.69, 9.17) is 4.74 Å². The number of aliphatic hydroxyl groups excluding tert-OH is 2. The first-order chi connectivity index (χ1) is 24.9. The van der Waals surface area contributed by atoms with Crippen molar-refractivity contribution in [1.29, 1.82) is 0 Å². The van der Waals surface area contributed by atoms with Crippen molar-refractivity contribution in [2.75, 3.05) is 13.2 Å². The lowest BCUT2D eigenvalue weighted by Gasteiger charge is -2.50. The Bertz CT molecular complexity index is 970. The van der Waals surface area contributed by atoms with Gasteiger partial charge in [-0.15, -0.1) is 0 Å². The molecule has 0 unspecified atom stereocenters. The number of ketones is 3. The van der Waals surface area contributed by atoms with Gasteiger partial charge in [0.05, 0.1) is 6.61 Å². The number of ether oxygens (including phenoxy) is 1. The van der Waals surface area contributed by atoms with E-state index in [0.717, 1.165) is 109 Å². The van der Waals surface area contributed by atoms with Gasteiger partial charge in [-0.1, -0.05) is 156 Å². The van der Waals surface area contributed by atoms with E-state index in [2.05, 4.69) is 27.7 Å². The Kier molecular flexibility index (Phi) is 28.6. The highest BCUT2D eigenvalue weighted by Crippen LogP contribution is 2.41. The Hall–Kier alpha value is -1.72. The van der Waals surface area contributed by atoms with Gasteiger partial charge in [-0.3, -0.25) is 19.2 Å². The Morgan fingerprint density at radius 2 is 0.808 bits per heavy atom. The molecule has 0 radical (unpaired) electrons. The summed E-state index contributed by atoms with van der Waals surface area (Å²) in [7, 11) is 0. The first kappa shape index (κ1) is 50.3. The van der Waals surface area contributed by atoms with Gasteiger partial charge in [0.2, 0.25) is 0 Å². The van der Waals surface area contributed by atoms with E-state index in [9.17, 15) is 44.7 Å². The minimum Gasteiger partial charge on any atom is -0.463 e. The summed E-state index contributed by atoms with van der Waals surface area (Å²) in [5, 5.41) is 59.0. The van der Waals surface area contributed by atoms with Crippen LogP contribution in [-0.2, 0) is 23.9 Å². The van der Waals surface area contributed by atoms with Crippen molar-refractivity contribution in [1.82, 2.24) is 0 Å². The molecule has 5 N–H and O–H groups in total. The molecule has 0 rings (SSSR count). The maximum atomic E-state index is 14.2. The predicted molar refractivity (Wildman–Crippen MR) is 206 cm³/mol. The molecule has 0 fully saturated rings. The van der Waals surface area contributed by atoms with Crippen LogP contribution in [-0.4, -0.2) is 85.0 Å². The molecule has 0 bridgehead atoms. The van der Waals surface area contributed by atoms with Crippen LogP contribution < -0.4 is 0 Å². The van der Waals surface area contributed by atoms with Crippen LogP contribution in [0, 0.1) is 0 Å². The van der Waals surface area contributed by atoms with E-state index < -0.39 is 65.9 Å². The zero-order valence-electron chi connectivity index (χ0n) is 33.6. The Morgan fingerprint density at radius 1 is 0.481 bits per heavy atom. The molecule has 0 aromatic rings. The summed E-state index contributed by atoms with van der Waals surface area (Å²) in [5.41, 5.74) is -10.4. The highest BCUT2D eigenvalue weighted by molar-refractivity contribution is 6.06. The lowest BCUT2D eigenvalue weighted by atomic mass is 9.61. The number of hydrogen-bond acceptors (Lipinski definition) is 10. The zero-order valence-corrected chi connectivity index (χ0v) is 33.6. The summed E-state index contributed by atoms with van der Waals surface area (Å²) in [5.74, 6) is -4.20. The Labute approximate surface area is 315 Å². The lowest BCUT2D eigenvalue weighted by Crippen LogP contribution is -2.81. The monoisotopic (exact) mass is 743 g/mol. The third kappa shape index (κ3) is 16.7. The topological polar surface area (TPSA) is 179 Å². The van der Waals surface area contributed by atoms with Crippen LogP contribution in [0.25, 0.3) is 0 Å². The summed E-state index contributed by atoms with van der Waals surface area (Å²) in [6, 6.07) is 0. The first-order valence-corrected chi connectivity index (χ1v) is 21.1. The van der Waals surface area contributed by atoms with Gasteiger partial charge >= 0.3 is 5.97 Å². The van der Waals surface area contributed by atoms with E-state index >= 15 is 0 Å². The molecule has 0 aliphatic rings. The zero-order chi connectivity index (χ0) is 39.3. The van der Waals surface area contributed by atoms with Crippen molar-refractivity contribution in [2.45, 2.75) is 230 Å². The Morgan fingerprint density at radius 3 is 1.19 bits per heavy atom. The van der Waals surface area contributed by atoms with E-state index in [-0.39, 0.29) is 38.5 Å². The van der Waals surface area contributed by atoms with E-state index in [1.54, 1.807) is 0 Å². The molecule has 0 saturated heterocycles. The number of aliphatic hydroxyl groups is 5. The number of carbonyl (C=O) groups is 4. The Balaban J connectivity index is 6.60. The van der Waals surface area contributed by atoms with Gasteiger partial charge < -0.3 is 30.3 Å². The van der Waals surface area contributed by atoms with Crippen molar-refractivity contribution in [2.24, 2.45) is 0 Å². The van der Waals surface area contributed by atoms with Gasteiger partial charge in [0.15, 0.2) is 34.2 Å². The number of Topliss-reactive ketones (excluding diaryl/α,β-unsaturated/α-hetero) is 3. The molecule has 0 amide bonds. The van der Waals surface area contributed by atoms with E-state index in [1.165, 1.54) is 0 Å². The highest BCUT2D eigenvalue weighted by Gasteiger charge is 2.73. The van der Waals surface area contributed by atoms with Crippen molar-refractivity contribution in [3.63, 3.8) is 0 Å². The molecular weight excluding hydrogens is 664 g/mol. The fraction of sp³-hybridized carbons (Fsp3) is 0.905. The third-order valence-corrected chi connectivity index (χ3v) is 10.6.